The lowest BCUT2D eigenvalue weighted by Crippen LogP contribution is -2.21. The van der Waals surface area contributed by atoms with Crippen LogP contribution in [0.4, 0.5) is 5.69 Å². The van der Waals surface area contributed by atoms with Gasteiger partial charge in [-0.1, -0.05) is 19.1 Å². The number of hydrogen-bond donors (Lipinski definition) is 1. The number of rotatable bonds is 4. The highest BCUT2D eigenvalue weighted by Gasteiger charge is 2.15. The van der Waals surface area contributed by atoms with E-state index in [0.717, 1.165) is 19.4 Å². The molecule has 1 atom stereocenters. The molecule has 1 unspecified atom stereocenters. The van der Waals surface area contributed by atoms with Gasteiger partial charge in [0.05, 0.1) is 5.69 Å². The predicted octanol–water partition coefficient (Wildman–Crippen LogP) is 3.80. The second-order valence-corrected chi connectivity index (χ2v) is 6.05. The van der Waals surface area contributed by atoms with Crippen molar-refractivity contribution in [2.45, 2.75) is 59.0 Å². The Labute approximate surface area is 127 Å². The van der Waals surface area contributed by atoms with Crippen molar-refractivity contribution in [1.29, 1.82) is 0 Å². The van der Waals surface area contributed by atoms with Crippen molar-refractivity contribution < 1.29 is 0 Å². The Bertz CT molecular complexity index is 627. The Morgan fingerprint density at radius 2 is 2.14 bits per heavy atom. The Balaban J connectivity index is 1.84. The fourth-order valence-corrected chi connectivity index (χ4v) is 3.13. The summed E-state index contributed by atoms with van der Waals surface area (Å²) in [4.78, 5) is 0. The Morgan fingerprint density at radius 1 is 1.29 bits per heavy atom. The van der Waals surface area contributed by atoms with Gasteiger partial charge in [0, 0.05) is 30.4 Å². The third kappa shape index (κ3) is 2.97. The average molecular weight is 283 g/mol. The lowest BCUT2D eigenvalue weighted by Gasteiger charge is -2.24. The first-order valence-corrected chi connectivity index (χ1v) is 8.13. The number of anilines is 1. The first kappa shape index (κ1) is 14.2. The number of benzene rings is 1. The van der Waals surface area contributed by atoms with Crippen LogP contribution < -0.4 is 5.32 Å². The van der Waals surface area contributed by atoms with Crippen LogP contribution in [0.3, 0.4) is 0 Å². The molecule has 0 bridgehead atoms. The summed E-state index contributed by atoms with van der Waals surface area (Å²) >= 11 is 0. The third-order valence-corrected chi connectivity index (χ3v) is 4.38. The number of nitrogens with zero attached hydrogens (tertiary/aromatic N) is 2. The number of fused-ring (bicyclic) bond motifs is 1. The van der Waals surface area contributed by atoms with Crippen molar-refractivity contribution in [2.75, 3.05) is 5.32 Å². The largest absolute Gasteiger partial charge is 0.382 e. The van der Waals surface area contributed by atoms with E-state index in [0.29, 0.717) is 6.04 Å². The van der Waals surface area contributed by atoms with E-state index in [1.165, 1.54) is 41.0 Å². The second-order valence-electron chi connectivity index (χ2n) is 6.05. The molecule has 1 aliphatic heterocycles. The lowest BCUT2D eigenvalue weighted by molar-refractivity contribution is 0.621. The number of aromatic nitrogens is 2. The Morgan fingerprint density at radius 3 is 2.90 bits per heavy atom. The second kappa shape index (κ2) is 5.92. The number of nitrogens with one attached hydrogen (secondary N) is 1. The van der Waals surface area contributed by atoms with Gasteiger partial charge in [-0.15, -0.1) is 0 Å². The molecule has 0 amide bonds. The zero-order valence-corrected chi connectivity index (χ0v) is 13.3. The number of hydrogen-bond acceptors (Lipinski definition) is 2. The van der Waals surface area contributed by atoms with Gasteiger partial charge in [0.25, 0.3) is 0 Å². The Kier molecular flexibility index (Phi) is 4.00. The quantitative estimate of drug-likeness (QED) is 0.925. The van der Waals surface area contributed by atoms with E-state index < -0.39 is 0 Å². The van der Waals surface area contributed by atoms with Gasteiger partial charge in [-0.3, -0.25) is 4.68 Å². The molecular formula is C18H25N3. The first-order chi connectivity index (χ1) is 10.2. The fourth-order valence-electron chi connectivity index (χ4n) is 3.13. The molecule has 2 heterocycles. The molecule has 0 fully saturated rings. The van der Waals surface area contributed by atoms with Crippen LogP contribution >= 0.6 is 0 Å². The minimum Gasteiger partial charge on any atom is -0.382 e. The molecule has 1 aliphatic rings. The molecule has 21 heavy (non-hydrogen) atoms. The number of aryl methyl sites for hydroxylation is 3. The smallest absolute Gasteiger partial charge is 0.0624 e. The standard InChI is InChI=1S/C18H25N3/c1-4-16-12-17(21(5-2)20-16)11-14-7-9-18-15(10-14)8-6-13(3)19-18/h7,9-10,12-13,19H,4-6,8,11H2,1-3H3. The highest BCUT2D eigenvalue weighted by molar-refractivity contribution is 5.55. The normalized spacial score (nSPS) is 17.4. The van der Waals surface area contributed by atoms with Gasteiger partial charge in [0.2, 0.25) is 0 Å². The monoisotopic (exact) mass is 283 g/mol. The van der Waals surface area contributed by atoms with Crippen LogP contribution in [0.1, 0.15) is 49.7 Å². The molecule has 0 saturated carbocycles. The van der Waals surface area contributed by atoms with Crippen LogP contribution in [0.2, 0.25) is 0 Å². The van der Waals surface area contributed by atoms with Crippen molar-refractivity contribution >= 4 is 5.69 Å². The van der Waals surface area contributed by atoms with Crippen molar-refractivity contribution in [3.8, 4) is 0 Å². The van der Waals surface area contributed by atoms with Gasteiger partial charge in [0.15, 0.2) is 0 Å². The molecule has 0 saturated heterocycles. The summed E-state index contributed by atoms with van der Waals surface area (Å²) in [6.45, 7) is 7.52. The van der Waals surface area contributed by atoms with Gasteiger partial charge in [-0.2, -0.15) is 5.10 Å². The molecule has 2 aromatic rings. The molecule has 1 N–H and O–H groups in total. The van der Waals surface area contributed by atoms with E-state index in [9.17, 15) is 0 Å². The summed E-state index contributed by atoms with van der Waals surface area (Å²) in [5.74, 6) is 0. The highest BCUT2D eigenvalue weighted by atomic mass is 15.3. The molecule has 0 radical (unpaired) electrons. The van der Waals surface area contributed by atoms with Crippen LogP contribution in [0, 0.1) is 0 Å². The minimum absolute atomic E-state index is 0.594. The topological polar surface area (TPSA) is 29.9 Å². The maximum Gasteiger partial charge on any atom is 0.0624 e. The fraction of sp³-hybridized carbons (Fsp3) is 0.500. The van der Waals surface area contributed by atoms with E-state index in [1.54, 1.807) is 0 Å². The highest BCUT2D eigenvalue weighted by Crippen LogP contribution is 2.26. The molecule has 3 heteroatoms. The molecule has 112 valence electrons. The van der Waals surface area contributed by atoms with Gasteiger partial charge >= 0.3 is 0 Å². The van der Waals surface area contributed by atoms with Gasteiger partial charge in [-0.25, -0.2) is 0 Å². The minimum atomic E-state index is 0.594. The van der Waals surface area contributed by atoms with Gasteiger partial charge < -0.3 is 5.32 Å². The van der Waals surface area contributed by atoms with Crippen LogP contribution in [-0.2, 0) is 25.8 Å². The third-order valence-electron chi connectivity index (χ3n) is 4.38. The van der Waals surface area contributed by atoms with Crippen LogP contribution in [0.15, 0.2) is 24.3 Å². The van der Waals surface area contributed by atoms with Crippen LogP contribution in [-0.4, -0.2) is 15.8 Å². The summed E-state index contributed by atoms with van der Waals surface area (Å²) < 4.78 is 2.14. The van der Waals surface area contributed by atoms with Crippen molar-refractivity contribution in [1.82, 2.24) is 9.78 Å². The van der Waals surface area contributed by atoms with Gasteiger partial charge in [0.1, 0.15) is 0 Å². The van der Waals surface area contributed by atoms with Crippen molar-refractivity contribution in [2.24, 2.45) is 0 Å². The molecule has 0 aliphatic carbocycles. The molecule has 3 nitrogen and oxygen atoms in total. The van der Waals surface area contributed by atoms with E-state index in [4.69, 9.17) is 0 Å². The molecule has 1 aromatic heterocycles. The summed E-state index contributed by atoms with van der Waals surface area (Å²) in [5.41, 5.74) is 6.69. The maximum absolute atomic E-state index is 4.65. The SMILES string of the molecule is CCc1cc(Cc2ccc3c(c2)CCC(C)N3)n(CC)n1. The van der Waals surface area contributed by atoms with Gasteiger partial charge in [-0.05, 0) is 56.4 Å². The predicted molar refractivity (Wildman–Crippen MR) is 87.9 cm³/mol. The van der Waals surface area contributed by atoms with Crippen LogP contribution in [0.5, 0.6) is 0 Å². The van der Waals surface area contributed by atoms with E-state index >= 15 is 0 Å². The van der Waals surface area contributed by atoms with E-state index in [-0.39, 0.29) is 0 Å². The summed E-state index contributed by atoms with van der Waals surface area (Å²) in [5, 5.41) is 8.21. The van der Waals surface area contributed by atoms with E-state index in [2.05, 4.69) is 60.1 Å². The zero-order valence-electron chi connectivity index (χ0n) is 13.3. The lowest BCUT2D eigenvalue weighted by atomic mass is 9.96. The molecule has 0 spiro atoms. The Hall–Kier alpha value is -1.77. The maximum atomic E-state index is 4.65. The average Bonchev–Trinajstić information content (AvgIpc) is 2.89. The first-order valence-electron chi connectivity index (χ1n) is 8.13. The summed E-state index contributed by atoms with van der Waals surface area (Å²) in [7, 11) is 0. The summed E-state index contributed by atoms with van der Waals surface area (Å²) in [6, 6.07) is 9.71. The van der Waals surface area contributed by atoms with Crippen molar-refractivity contribution in [3.63, 3.8) is 0 Å². The van der Waals surface area contributed by atoms with E-state index in [1.807, 2.05) is 0 Å². The van der Waals surface area contributed by atoms with Crippen LogP contribution in [0.25, 0.3) is 0 Å². The summed E-state index contributed by atoms with van der Waals surface area (Å²) in [6.07, 6.45) is 4.39. The zero-order chi connectivity index (χ0) is 14.8. The molecular weight excluding hydrogens is 258 g/mol. The molecule has 1 aromatic carbocycles. The molecule has 3 rings (SSSR count). The van der Waals surface area contributed by atoms with Crippen molar-refractivity contribution in [3.05, 3.63) is 46.8 Å².